The summed E-state index contributed by atoms with van der Waals surface area (Å²) in [5, 5.41) is 7.92. The molecule has 7 nitrogen and oxygen atoms in total. The summed E-state index contributed by atoms with van der Waals surface area (Å²) in [7, 11) is 0. The molecule has 0 aliphatic carbocycles. The monoisotopic (exact) mass is 425 g/mol. The van der Waals surface area contributed by atoms with Gasteiger partial charge in [-0.2, -0.15) is 0 Å². The Labute approximate surface area is 134 Å². The number of H-pyrrole nitrogens is 1. The zero-order valence-electron chi connectivity index (χ0n) is 11.5. The van der Waals surface area contributed by atoms with Gasteiger partial charge in [0.1, 0.15) is 0 Å². The molecular formula is C12H19N5O2Se2. The van der Waals surface area contributed by atoms with Crippen molar-refractivity contribution in [1.82, 2.24) is 20.6 Å². The third kappa shape index (κ3) is 5.80. The van der Waals surface area contributed by atoms with Crippen molar-refractivity contribution in [3.05, 3.63) is 18.2 Å². The van der Waals surface area contributed by atoms with Crippen LogP contribution >= 0.6 is 0 Å². The average Bonchev–Trinajstić information content (AvgIpc) is 2.98. The van der Waals surface area contributed by atoms with E-state index < -0.39 is 6.04 Å². The van der Waals surface area contributed by atoms with Crippen LogP contribution in [0.5, 0.6) is 0 Å². The van der Waals surface area contributed by atoms with E-state index in [0.29, 0.717) is 25.6 Å². The Morgan fingerprint density at radius 3 is 3.05 bits per heavy atom. The Bertz CT molecular complexity index is 462. The number of amides is 2. The SMILES string of the molecule is N[C@@H](Cc1cnc[nH]1)C(=O)NCC(=O)N[C@H]1CC[Se][Se]C1. The molecule has 21 heavy (non-hydrogen) atoms. The molecule has 0 aromatic carbocycles. The number of rotatable bonds is 6. The molecule has 0 radical (unpaired) electrons. The van der Waals surface area contributed by atoms with Gasteiger partial charge in [0.05, 0.1) is 0 Å². The number of carbonyl (C=O) groups excluding carboxylic acids is 2. The van der Waals surface area contributed by atoms with Crippen LogP contribution in [-0.2, 0) is 16.0 Å². The van der Waals surface area contributed by atoms with E-state index in [2.05, 4.69) is 20.6 Å². The van der Waals surface area contributed by atoms with E-state index in [4.69, 9.17) is 5.73 Å². The first-order valence-corrected chi connectivity index (χ1v) is 13.4. The van der Waals surface area contributed by atoms with Crippen LogP contribution in [0.25, 0.3) is 0 Å². The van der Waals surface area contributed by atoms with Crippen molar-refractivity contribution < 1.29 is 9.59 Å². The number of hydrogen-bond donors (Lipinski definition) is 4. The number of nitrogens with one attached hydrogen (secondary N) is 3. The van der Waals surface area contributed by atoms with Gasteiger partial charge in [0.25, 0.3) is 0 Å². The van der Waals surface area contributed by atoms with Gasteiger partial charge in [-0.3, -0.25) is 0 Å². The zero-order valence-corrected chi connectivity index (χ0v) is 14.9. The number of hydrogen-bond acceptors (Lipinski definition) is 4. The fourth-order valence-corrected chi connectivity index (χ4v) is 9.17. The van der Waals surface area contributed by atoms with Gasteiger partial charge in [-0.25, -0.2) is 0 Å². The second-order valence-electron chi connectivity index (χ2n) is 4.76. The van der Waals surface area contributed by atoms with Crippen LogP contribution in [0.1, 0.15) is 12.1 Å². The van der Waals surface area contributed by atoms with Crippen molar-refractivity contribution in [3.63, 3.8) is 0 Å². The fraction of sp³-hybridized carbons (Fsp3) is 0.583. The molecule has 116 valence electrons. The molecule has 1 aliphatic rings. The van der Waals surface area contributed by atoms with Gasteiger partial charge in [-0.15, -0.1) is 0 Å². The van der Waals surface area contributed by atoms with Crippen molar-refractivity contribution >= 4 is 38.1 Å². The first-order valence-electron chi connectivity index (χ1n) is 6.69. The predicted molar refractivity (Wildman–Crippen MR) is 80.9 cm³/mol. The molecule has 2 heterocycles. The van der Waals surface area contributed by atoms with E-state index in [0.717, 1.165) is 30.6 Å². The zero-order chi connectivity index (χ0) is 15.1. The third-order valence-corrected chi connectivity index (χ3v) is 10.5. The number of aromatic nitrogens is 2. The Morgan fingerprint density at radius 2 is 2.38 bits per heavy atom. The van der Waals surface area contributed by atoms with Crippen molar-refractivity contribution in [2.24, 2.45) is 5.73 Å². The van der Waals surface area contributed by atoms with E-state index in [9.17, 15) is 9.59 Å². The summed E-state index contributed by atoms with van der Waals surface area (Å²) in [6.45, 7) is -0.00977. The van der Waals surface area contributed by atoms with E-state index in [-0.39, 0.29) is 18.4 Å². The molecule has 0 unspecified atom stereocenters. The summed E-state index contributed by atoms with van der Waals surface area (Å²) < 4.78 is 0. The molecule has 5 N–H and O–H groups in total. The first-order chi connectivity index (χ1) is 10.1. The molecule has 2 rings (SSSR count). The predicted octanol–water partition coefficient (Wildman–Crippen LogP) is -1.56. The number of nitrogens with zero attached hydrogens (tertiary/aromatic N) is 1. The van der Waals surface area contributed by atoms with Crippen molar-refractivity contribution in [3.8, 4) is 0 Å². The molecule has 0 bridgehead atoms. The standard InChI is InChI=1S/C12H19N5O2Se2/c13-10(3-9-4-14-7-16-9)12(19)15-5-11(18)17-8-1-2-20-21-6-8/h4,7-8,10H,1-3,5-6,13H2,(H,14,16)(H,15,19)(H,17,18)/t8-,10-/m0/s1. The number of imidazole rings is 1. The van der Waals surface area contributed by atoms with E-state index in [1.54, 1.807) is 12.5 Å². The molecule has 2 amide bonds. The Kier molecular flexibility index (Phi) is 6.73. The third-order valence-electron chi connectivity index (χ3n) is 3.02. The van der Waals surface area contributed by atoms with E-state index in [1.165, 1.54) is 5.32 Å². The maximum atomic E-state index is 11.8. The van der Waals surface area contributed by atoms with Crippen LogP contribution in [-0.4, -0.2) is 66.7 Å². The molecule has 1 saturated heterocycles. The number of nitrogens with two attached hydrogens (primary N) is 1. The Balaban J connectivity index is 1.66. The van der Waals surface area contributed by atoms with Gasteiger partial charge >= 0.3 is 134 Å². The molecular weight excluding hydrogens is 404 g/mol. The summed E-state index contributed by atoms with van der Waals surface area (Å²) in [5.74, 6) is -0.455. The maximum absolute atomic E-state index is 11.8. The van der Waals surface area contributed by atoms with Crippen LogP contribution in [0.15, 0.2) is 12.5 Å². The topological polar surface area (TPSA) is 113 Å². The fourth-order valence-electron chi connectivity index (χ4n) is 1.88. The first kappa shape index (κ1) is 16.5. The molecule has 0 spiro atoms. The van der Waals surface area contributed by atoms with Gasteiger partial charge in [0.2, 0.25) is 0 Å². The molecule has 9 heteroatoms. The minimum atomic E-state index is -0.682. The van der Waals surface area contributed by atoms with Crippen LogP contribution in [0.4, 0.5) is 0 Å². The molecule has 1 aromatic rings. The summed E-state index contributed by atoms with van der Waals surface area (Å²) in [6, 6.07) is -0.386. The number of aromatic amines is 1. The van der Waals surface area contributed by atoms with Crippen LogP contribution in [0, 0.1) is 0 Å². The summed E-state index contributed by atoms with van der Waals surface area (Å²) in [4.78, 5) is 30.4. The van der Waals surface area contributed by atoms with Gasteiger partial charge in [0.15, 0.2) is 0 Å². The summed E-state index contributed by atoms with van der Waals surface area (Å²) in [5.41, 5.74) is 6.59. The van der Waals surface area contributed by atoms with Gasteiger partial charge in [0, 0.05) is 0 Å². The van der Waals surface area contributed by atoms with Crippen molar-refractivity contribution in [1.29, 1.82) is 0 Å². The van der Waals surface area contributed by atoms with Gasteiger partial charge < -0.3 is 0 Å². The second-order valence-corrected chi connectivity index (χ2v) is 12.4. The minimum absolute atomic E-state index is 0.00977. The van der Waals surface area contributed by atoms with Crippen LogP contribution < -0.4 is 16.4 Å². The van der Waals surface area contributed by atoms with Crippen molar-refractivity contribution in [2.45, 2.75) is 35.6 Å². The van der Waals surface area contributed by atoms with Crippen LogP contribution in [0.3, 0.4) is 0 Å². The van der Waals surface area contributed by atoms with E-state index >= 15 is 0 Å². The van der Waals surface area contributed by atoms with Gasteiger partial charge in [-0.1, -0.05) is 0 Å². The summed E-state index contributed by atoms with van der Waals surface area (Å²) >= 11 is 1.51. The normalized spacial score (nSPS) is 19.8. The number of carbonyl (C=O) groups is 2. The van der Waals surface area contributed by atoms with E-state index in [1.807, 2.05) is 0 Å². The average molecular weight is 423 g/mol. The second kappa shape index (κ2) is 8.56. The Morgan fingerprint density at radius 1 is 1.52 bits per heavy atom. The summed E-state index contributed by atoms with van der Waals surface area (Å²) in [6.07, 6.45) is 4.62. The van der Waals surface area contributed by atoms with Crippen LogP contribution in [0.2, 0.25) is 10.6 Å². The Hall–Kier alpha value is -0.851. The molecule has 2 atom stereocenters. The quantitative estimate of drug-likeness (QED) is 0.415. The van der Waals surface area contributed by atoms with Gasteiger partial charge in [-0.05, 0) is 0 Å². The van der Waals surface area contributed by atoms with Crippen molar-refractivity contribution in [2.75, 3.05) is 6.54 Å². The molecule has 0 saturated carbocycles. The molecule has 1 aliphatic heterocycles. The molecule has 1 fully saturated rings. The molecule has 1 aromatic heterocycles.